The van der Waals surface area contributed by atoms with Gasteiger partial charge in [0.15, 0.2) is 0 Å². The van der Waals surface area contributed by atoms with Crippen LogP contribution in [0.25, 0.3) is 11.1 Å². The van der Waals surface area contributed by atoms with Crippen LogP contribution in [0.3, 0.4) is 0 Å². The normalized spacial score (nSPS) is 13.0. The van der Waals surface area contributed by atoms with Crippen LogP contribution in [0.5, 0.6) is 0 Å². The minimum absolute atomic E-state index is 0.0582. The smallest absolute Gasteiger partial charge is 0.408 e. The second kappa shape index (κ2) is 9.56. The molecule has 2 amide bonds. The number of hydrogen-bond donors (Lipinski definition) is 3. The summed E-state index contributed by atoms with van der Waals surface area (Å²) in [5.74, 6) is -1.68. The van der Waals surface area contributed by atoms with Crippen molar-refractivity contribution in [3.63, 3.8) is 0 Å². The molecule has 1 heterocycles. The van der Waals surface area contributed by atoms with E-state index in [9.17, 15) is 14.4 Å². The van der Waals surface area contributed by atoms with Crippen LogP contribution < -0.4 is 10.6 Å². The Morgan fingerprint density at radius 2 is 1.73 bits per heavy atom. The van der Waals surface area contributed by atoms with Gasteiger partial charge < -0.3 is 20.5 Å². The number of fused-ring (bicyclic) bond motifs is 3. The third-order valence-electron chi connectivity index (χ3n) is 5.56. The molecule has 3 N–H and O–H groups in total. The highest BCUT2D eigenvalue weighted by atomic mass is 16.5. The van der Waals surface area contributed by atoms with E-state index in [0.717, 1.165) is 22.3 Å². The highest BCUT2D eigenvalue weighted by molar-refractivity contribution is 5.87. The fraction of sp³-hybridized carbons (Fsp3) is 0.250. The van der Waals surface area contributed by atoms with Gasteiger partial charge in [-0.05, 0) is 22.3 Å². The number of hydrogen-bond acceptors (Lipinski definition) is 5. The quantitative estimate of drug-likeness (QED) is 0.487. The van der Waals surface area contributed by atoms with Crippen LogP contribution in [0.2, 0.25) is 0 Å². The van der Waals surface area contributed by atoms with Crippen molar-refractivity contribution in [1.82, 2.24) is 20.4 Å². The summed E-state index contributed by atoms with van der Waals surface area (Å²) in [5, 5.41) is 17.9. The molecule has 0 radical (unpaired) electrons. The summed E-state index contributed by atoms with van der Waals surface area (Å²) >= 11 is 0. The minimum Gasteiger partial charge on any atom is -0.481 e. The van der Waals surface area contributed by atoms with Gasteiger partial charge in [-0.25, -0.2) is 4.79 Å². The Bertz CT molecular complexity index is 1140. The standard InChI is InChI=1S/C24H24N4O5/c1-28-13-15(12-26-28)22(23(31)25-11-10-21(29)30)27-24(32)33-14-20-18-8-4-2-6-16(18)17-7-3-5-9-19(17)20/h2-9,12-13,20,22H,10-11,14H2,1H3,(H,25,31)(H,27,32)(H,29,30). The molecule has 1 unspecified atom stereocenters. The molecular weight excluding hydrogens is 424 g/mol. The molecule has 0 spiro atoms. The monoisotopic (exact) mass is 448 g/mol. The Balaban J connectivity index is 1.45. The molecule has 1 atom stereocenters. The fourth-order valence-corrected chi connectivity index (χ4v) is 4.04. The van der Waals surface area contributed by atoms with Crippen molar-refractivity contribution >= 4 is 18.0 Å². The lowest BCUT2D eigenvalue weighted by molar-refractivity contribution is -0.137. The van der Waals surface area contributed by atoms with Gasteiger partial charge in [0.25, 0.3) is 0 Å². The summed E-state index contributed by atoms with van der Waals surface area (Å²) in [6.45, 7) is 0.0531. The van der Waals surface area contributed by atoms with Gasteiger partial charge in [-0.1, -0.05) is 48.5 Å². The molecule has 0 fully saturated rings. The number of carboxylic acid groups (broad SMARTS) is 1. The maximum Gasteiger partial charge on any atom is 0.408 e. The zero-order valence-corrected chi connectivity index (χ0v) is 18.0. The first-order valence-corrected chi connectivity index (χ1v) is 10.5. The van der Waals surface area contributed by atoms with E-state index >= 15 is 0 Å². The average molecular weight is 448 g/mol. The molecule has 170 valence electrons. The topological polar surface area (TPSA) is 123 Å². The highest BCUT2D eigenvalue weighted by Crippen LogP contribution is 2.44. The molecule has 0 bridgehead atoms. The van der Waals surface area contributed by atoms with Crippen LogP contribution in [0, 0.1) is 0 Å². The molecule has 0 saturated carbocycles. The Morgan fingerprint density at radius 3 is 2.30 bits per heavy atom. The molecule has 0 saturated heterocycles. The molecular formula is C24H24N4O5. The molecule has 2 aromatic carbocycles. The molecule has 1 aromatic heterocycles. The van der Waals surface area contributed by atoms with Gasteiger partial charge in [-0.3, -0.25) is 14.3 Å². The average Bonchev–Trinajstić information content (AvgIpc) is 3.37. The lowest BCUT2D eigenvalue weighted by Crippen LogP contribution is -2.41. The van der Waals surface area contributed by atoms with Crippen LogP contribution in [0.15, 0.2) is 60.9 Å². The van der Waals surface area contributed by atoms with Crippen LogP contribution in [-0.2, 0) is 21.4 Å². The molecule has 3 aromatic rings. The molecule has 0 aliphatic heterocycles. The Labute approximate surface area is 190 Å². The summed E-state index contributed by atoms with van der Waals surface area (Å²) < 4.78 is 7.05. The maximum atomic E-state index is 12.7. The molecule has 33 heavy (non-hydrogen) atoms. The number of aromatic nitrogens is 2. The van der Waals surface area contributed by atoms with Gasteiger partial charge in [-0.15, -0.1) is 0 Å². The number of aliphatic carboxylic acids is 1. The van der Waals surface area contributed by atoms with Gasteiger partial charge in [-0.2, -0.15) is 5.10 Å². The number of rotatable bonds is 8. The van der Waals surface area contributed by atoms with Crippen LogP contribution in [0.1, 0.15) is 35.1 Å². The van der Waals surface area contributed by atoms with Crippen LogP contribution in [-0.4, -0.2) is 46.0 Å². The second-order valence-electron chi connectivity index (χ2n) is 7.79. The summed E-state index contributed by atoms with van der Waals surface area (Å²) in [5.41, 5.74) is 4.86. The van der Waals surface area contributed by atoms with Crippen LogP contribution in [0.4, 0.5) is 4.79 Å². The zero-order chi connectivity index (χ0) is 23.4. The van der Waals surface area contributed by atoms with Gasteiger partial charge in [0, 0.05) is 31.3 Å². The van der Waals surface area contributed by atoms with Crippen molar-refractivity contribution in [2.45, 2.75) is 18.4 Å². The highest BCUT2D eigenvalue weighted by Gasteiger charge is 2.30. The number of carbonyl (C=O) groups excluding carboxylic acids is 2. The molecule has 1 aliphatic carbocycles. The van der Waals surface area contributed by atoms with Gasteiger partial charge in [0.05, 0.1) is 12.6 Å². The number of amides is 2. The number of carbonyl (C=O) groups is 3. The SMILES string of the molecule is Cn1cc(C(NC(=O)OCC2c3ccccc3-c3ccccc32)C(=O)NCCC(=O)O)cn1. The van der Waals surface area contributed by atoms with Gasteiger partial charge in [0.2, 0.25) is 5.91 Å². The van der Waals surface area contributed by atoms with E-state index in [1.54, 1.807) is 13.2 Å². The largest absolute Gasteiger partial charge is 0.481 e. The van der Waals surface area contributed by atoms with E-state index in [-0.39, 0.29) is 25.5 Å². The van der Waals surface area contributed by atoms with Crippen molar-refractivity contribution in [2.24, 2.45) is 7.05 Å². The van der Waals surface area contributed by atoms with E-state index in [1.165, 1.54) is 10.9 Å². The Kier molecular flexibility index (Phi) is 6.39. The third-order valence-corrected chi connectivity index (χ3v) is 5.56. The summed E-state index contributed by atoms with van der Waals surface area (Å²) in [6, 6.07) is 15.0. The first-order chi connectivity index (χ1) is 15.9. The second-order valence-corrected chi connectivity index (χ2v) is 7.79. The Hall–Kier alpha value is -4.14. The number of nitrogens with one attached hydrogen (secondary N) is 2. The van der Waals surface area contributed by atoms with E-state index in [2.05, 4.69) is 15.7 Å². The predicted octanol–water partition coefficient (Wildman–Crippen LogP) is 2.59. The Morgan fingerprint density at radius 1 is 1.09 bits per heavy atom. The van der Waals surface area contributed by atoms with Gasteiger partial charge >= 0.3 is 12.1 Å². The van der Waals surface area contributed by atoms with Crippen molar-refractivity contribution in [3.05, 3.63) is 77.6 Å². The zero-order valence-electron chi connectivity index (χ0n) is 18.0. The summed E-state index contributed by atoms with van der Waals surface area (Å²) in [7, 11) is 1.69. The molecule has 1 aliphatic rings. The number of carboxylic acids is 1. The number of aryl methyl sites for hydroxylation is 1. The third kappa shape index (κ3) is 4.87. The first-order valence-electron chi connectivity index (χ1n) is 10.5. The van der Waals surface area contributed by atoms with E-state index in [0.29, 0.717) is 5.56 Å². The molecule has 4 rings (SSSR count). The number of alkyl carbamates (subject to hydrolysis) is 1. The number of benzene rings is 2. The van der Waals surface area contributed by atoms with Crippen LogP contribution >= 0.6 is 0 Å². The summed E-state index contributed by atoms with van der Waals surface area (Å²) in [6.07, 6.45) is 2.09. The molecule has 9 nitrogen and oxygen atoms in total. The van der Waals surface area contributed by atoms with E-state index in [1.807, 2.05) is 48.5 Å². The van der Waals surface area contributed by atoms with Crippen molar-refractivity contribution in [2.75, 3.05) is 13.2 Å². The molecule has 9 heteroatoms. The van der Waals surface area contributed by atoms with Crippen molar-refractivity contribution < 1.29 is 24.2 Å². The summed E-state index contributed by atoms with van der Waals surface area (Å²) in [4.78, 5) is 36.0. The van der Waals surface area contributed by atoms with Crippen molar-refractivity contribution in [1.29, 1.82) is 0 Å². The lowest BCUT2D eigenvalue weighted by atomic mass is 9.98. The predicted molar refractivity (Wildman–Crippen MR) is 119 cm³/mol. The number of nitrogens with zero attached hydrogens (tertiary/aromatic N) is 2. The van der Waals surface area contributed by atoms with Gasteiger partial charge in [0.1, 0.15) is 12.6 Å². The maximum absolute atomic E-state index is 12.7. The lowest BCUT2D eigenvalue weighted by Gasteiger charge is -2.19. The fourth-order valence-electron chi connectivity index (χ4n) is 4.04. The minimum atomic E-state index is -1.07. The van der Waals surface area contributed by atoms with E-state index in [4.69, 9.17) is 9.84 Å². The first kappa shape index (κ1) is 22.1. The number of ether oxygens (including phenoxy) is 1. The van der Waals surface area contributed by atoms with Crippen molar-refractivity contribution in [3.8, 4) is 11.1 Å². The van der Waals surface area contributed by atoms with E-state index < -0.39 is 24.0 Å².